The van der Waals surface area contributed by atoms with Gasteiger partial charge in [-0.3, -0.25) is 4.79 Å². The smallest absolute Gasteiger partial charge is 0.220 e. The second-order valence-electron chi connectivity index (χ2n) is 3.26. The molecule has 0 radical (unpaired) electrons. The number of hydrogen-bond acceptors (Lipinski definition) is 1. The quantitative estimate of drug-likeness (QED) is 0.694. The summed E-state index contributed by atoms with van der Waals surface area (Å²) in [6.07, 6.45) is 0.476. The van der Waals surface area contributed by atoms with Crippen molar-refractivity contribution in [1.29, 1.82) is 0 Å². The molecule has 1 aromatic carbocycles. The summed E-state index contributed by atoms with van der Waals surface area (Å²) < 4.78 is 12.8. The minimum atomic E-state index is -0.239. The van der Waals surface area contributed by atoms with Gasteiger partial charge in [0.15, 0.2) is 0 Å². The van der Waals surface area contributed by atoms with Crippen LogP contribution in [0.3, 0.4) is 0 Å². The van der Waals surface area contributed by atoms with Crippen molar-refractivity contribution >= 4 is 5.91 Å². The zero-order chi connectivity index (χ0) is 9.26. The topological polar surface area (TPSA) is 29.1 Å². The number of nitrogens with one attached hydrogen (secondary N) is 1. The van der Waals surface area contributed by atoms with Gasteiger partial charge >= 0.3 is 0 Å². The molecule has 0 unspecified atom stereocenters. The van der Waals surface area contributed by atoms with Gasteiger partial charge in [-0.25, -0.2) is 4.39 Å². The van der Waals surface area contributed by atoms with Crippen molar-refractivity contribution in [1.82, 2.24) is 5.32 Å². The molecule has 0 aromatic heterocycles. The first-order valence-corrected chi connectivity index (χ1v) is 4.28. The van der Waals surface area contributed by atoms with Crippen LogP contribution < -0.4 is 5.32 Å². The predicted molar refractivity (Wildman–Crippen MR) is 46.8 cm³/mol. The van der Waals surface area contributed by atoms with Gasteiger partial charge in [0.25, 0.3) is 0 Å². The van der Waals surface area contributed by atoms with Crippen LogP contribution in [0.2, 0.25) is 0 Å². The molecule has 1 aromatic rings. The Balaban J connectivity index is 2.21. The van der Waals surface area contributed by atoms with Crippen molar-refractivity contribution in [3.8, 4) is 0 Å². The highest BCUT2D eigenvalue weighted by Crippen LogP contribution is 2.22. The average molecular weight is 179 g/mol. The van der Waals surface area contributed by atoms with E-state index >= 15 is 0 Å². The molecule has 1 amide bonds. The lowest BCUT2D eigenvalue weighted by molar-refractivity contribution is -0.119. The van der Waals surface area contributed by atoms with E-state index in [4.69, 9.17) is 0 Å². The van der Waals surface area contributed by atoms with E-state index in [0.29, 0.717) is 13.0 Å². The van der Waals surface area contributed by atoms with E-state index in [9.17, 15) is 9.18 Å². The molecule has 68 valence electrons. The summed E-state index contributed by atoms with van der Waals surface area (Å²) in [5.74, 6) is -0.0469. The molecule has 1 fully saturated rings. The van der Waals surface area contributed by atoms with Crippen molar-refractivity contribution in [3.05, 3.63) is 35.6 Å². The van der Waals surface area contributed by atoms with Crippen LogP contribution in [-0.4, -0.2) is 12.5 Å². The number of amides is 1. The number of rotatable bonds is 1. The van der Waals surface area contributed by atoms with E-state index in [1.54, 1.807) is 6.07 Å². The zero-order valence-electron chi connectivity index (χ0n) is 7.09. The Hall–Kier alpha value is -1.38. The van der Waals surface area contributed by atoms with Gasteiger partial charge in [-0.05, 0) is 17.7 Å². The molecule has 1 aliphatic heterocycles. The summed E-state index contributed by atoms with van der Waals surface area (Å²) in [6.45, 7) is 0.627. The Bertz CT molecular complexity index is 337. The molecular formula is C10H10FNO. The Morgan fingerprint density at radius 3 is 2.92 bits per heavy atom. The lowest BCUT2D eigenvalue weighted by Crippen LogP contribution is -2.13. The SMILES string of the molecule is O=C1C[C@H](c2cccc(F)c2)CN1. The van der Waals surface area contributed by atoms with E-state index in [2.05, 4.69) is 5.32 Å². The van der Waals surface area contributed by atoms with Gasteiger partial charge in [0, 0.05) is 18.9 Å². The molecule has 1 aliphatic rings. The summed E-state index contributed by atoms with van der Waals surface area (Å²) in [6, 6.07) is 6.43. The van der Waals surface area contributed by atoms with Crippen molar-refractivity contribution in [2.45, 2.75) is 12.3 Å². The van der Waals surface area contributed by atoms with Crippen LogP contribution in [0.25, 0.3) is 0 Å². The van der Waals surface area contributed by atoms with Crippen molar-refractivity contribution in [3.63, 3.8) is 0 Å². The normalized spacial score (nSPS) is 21.6. The van der Waals surface area contributed by atoms with Crippen molar-refractivity contribution in [2.75, 3.05) is 6.54 Å². The second kappa shape index (κ2) is 3.17. The number of hydrogen-bond donors (Lipinski definition) is 1. The van der Waals surface area contributed by atoms with Gasteiger partial charge in [-0.15, -0.1) is 0 Å². The van der Waals surface area contributed by atoms with Gasteiger partial charge in [0.1, 0.15) is 5.82 Å². The highest BCUT2D eigenvalue weighted by Gasteiger charge is 2.22. The molecule has 0 aliphatic carbocycles. The first-order valence-electron chi connectivity index (χ1n) is 4.28. The molecule has 1 saturated heterocycles. The second-order valence-corrected chi connectivity index (χ2v) is 3.26. The Morgan fingerprint density at radius 1 is 1.46 bits per heavy atom. The Morgan fingerprint density at radius 2 is 2.31 bits per heavy atom. The largest absolute Gasteiger partial charge is 0.355 e. The third-order valence-corrected chi connectivity index (χ3v) is 2.30. The molecule has 0 spiro atoms. The van der Waals surface area contributed by atoms with E-state index in [0.717, 1.165) is 5.56 Å². The highest BCUT2D eigenvalue weighted by atomic mass is 19.1. The standard InChI is InChI=1S/C10H10FNO/c11-9-3-1-2-7(4-9)8-5-10(13)12-6-8/h1-4,8H,5-6H2,(H,12,13)/t8-/m0/s1. The van der Waals surface area contributed by atoms with Crippen molar-refractivity contribution in [2.24, 2.45) is 0 Å². The maximum Gasteiger partial charge on any atom is 0.220 e. The molecule has 1 atom stereocenters. The molecule has 2 rings (SSSR count). The molecule has 1 N–H and O–H groups in total. The van der Waals surface area contributed by atoms with Gasteiger partial charge in [0.2, 0.25) is 5.91 Å². The van der Waals surface area contributed by atoms with E-state index in [1.165, 1.54) is 12.1 Å². The molecule has 2 nitrogen and oxygen atoms in total. The van der Waals surface area contributed by atoms with Crippen LogP contribution in [0.5, 0.6) is 0 Å². The van der Waals surface area contributed by atoms with Gasteiger partial charge < -0.3 is 5.32 Å². The number of halogens is 1. The van der Waals surface area contributed by atoms with E-state index < -0.39 is 0 Å². The molecular weight excluding hydrogens is 169 g/mol. The number of benzene rings is 1. The lowest BCUT2D eigenvalue weighted by atomic mass is 9.98. The minimum absolute atomic E-state index is 0.0502. The predicted octanol–water partition coefficient (Wildman–Crippen LogP) is 1.43. The molecule has 3 heteroatoms. The van der Waals surface area contributed by atoms with Crippen LogP contribution >= 0.6 is 0 Å². The van der Waals surface area contributed by atoms with Crippen LogP contribution in [0.4, 0.5) is 4.39 Å². The maximum absolute atomic E-state index is 12.8. The average Bonchev–Trinajstić information content (AvgIpc) is 2.52. The zero-order valence-corrected chi connectivity index (χ0v) is 7.09. The third kappa shape index (κ3) is 1.69. The number of carbonyl (C=O) groups excluding carboxylic acids is 1. The fourth-order valence-electron chi connectivity index (χ4n) is 1.60. The fourth-order valence-corrected chi connectivity index (χ4v) is 1.60. The summed E-state index contributed by atoms with van der Waals surface area (Å²) >= 11 is 0. The maximum atomic E-state index is 12.8. The van der Waals surface area contributed by atoms with Gasteiger partial charge in [-0.2, -0.15) is 0 Å². The van der Waals surface area contributed by atoms with Gasteiger partial charge in [-0.1, -0.05) is 12.1 Å². The Kier molecular flexibility index (Phi) is 2.00. The first kappa shape index (κ1) is 8.23. The first-order chi connectivity index (χ1) is 6.25. The Labute approximate surface area is 75.8 Å². The summed E-state index contributed by atoms with van der Waals surface area (Å²) in [5.41, 5.74) is 0.901. The molecule has 13 heavy (non-hydrogen) atoms. The third-order valence-electron chi connectivity index (χ3n) is 2.30. The molecule has 1 heterocycles. The lowest BCUT2D eigenvalue weighted by Gasteiger charge is -2.06. The fraction of sp³-hybridized carbons (Fsp3) is 0.300. The highest BCUT2D eigenvalue weighted by molar-refractivity contribution is 5.79. The summed E-state index contributed by atoms with van der Waals surface area (Å²) in [7, 11) is 0. The van der Waals surface area contributed by atoms with Crippen LogP contribution in [0.1, 0.15) is 17.9 Å². The van der Waals surface area contributed by atoms with Crippen LogP contribution in [-0.2, 0) is 4.79 Å². The molecule has 0 saturated carbocycles. The van der Waals surface area contributed by atoms with E-state index in [1.807, 2.05) is 6.07 Å². The summed E-state index contributed by atoms with van der Waals surface area (Å²) in [4.78, 5) is 10.9. The minimum Gasteiger partial charge on any atom is -0.355 e. The van der Waals surface area contributed by atoms with Gasteiger partial charge in [0.05, 0.1) is 0 Å². The summed E-state index contributed by atoms with van der Waals surface area (Å²) in [5, 5.41) is 2.73. The molecule has 0 bridgehead atoms. The van der Waals surface area contributed by atoms with Crippen molar-refractivity contribution < 1.29 is 9.18 Å². The number of carbonyl (C=O) groups is 1. The van der Waals surface area contributed by atoms with Crippen LogP contribution in [0, 0.1) is 5.82 Å². The monoisotopic (exact) mass is 179 g/mol. The van der Waals surface area contributed by atoms with E-state index in [-0.39, 0.29) is 17.6 Å². The van der Waals surface area contributed by atoms with Crippen LogP contribution in [0.15, 0.2) is 24.3 Å².